The number of anilines is 2. The second-order valence-electron chi connectivity index (χ2n) is 5.14. The molecule has 1 aliphatic rings. The highest BCUT2D eigenvalue weighted by Gasteiger charge is 2.26. The van der Waals surface area contributed by atoms with Gasteiger partial charge < -0.3 is 19.7 Å². The molecule has 1 aliphatic heterocycles. The number of hydrogen-bond donors (Lipinski definition) is 2. The zero-order valence-electron chi connectivity index (χ0n) is 11.2. The predicted octanol–water partition coefficient (Wildman–Crippen LogP) is 0.978. The van der Waals surface area contributed by atoms with Gasteiger partial charge in [-0.3, -0.25) is 0 Å². The van der Waals surface area contributed by atoms with Crippen molar-refractivity contribution in [3.8, 4) is 0 Å². The molecule has 6 heteroatoms. The third-order valence-electron chi connectivity index (χ3n) is 3.77. The SMILES string of the molecule is CNc1cn2ccnc2c(N2CCC(O)C(C)C2)n1. The first-order chi connectivity index (χ1) is 9.19. The Labute approximate surface area is 112 Å². The molecular weight excluding hydrogens is 242 g/mol. The summed E-state index contributed by atoms with van der Waals surface area (Å²) in [5.74, 6) is 1.96. The minimum Gasteiger partial charge on any atom is -0.393 e. The van der Waals surface area contributed by atoms with Gasteiger partial charge in [-0.05, 0) is 12.3 Å². The van der Waals surface area contributed by atoms with Crippen LogP contribution in [0.25, 0.3) is 5.65 Å². The van der Waals surface area contributed by atoms with Gasteiger partial charge in [-0.25, -0.2) is 9.97 Å². The monoisotopic (exact) mass is 261 g/mol. The molecule has 2 N–H and O–H groups in total. The molecule has 0 amide bonds. The van der Waals surface area contributed by atoms with Crippen LogP contribution in [-0.4, -0.2) is 45.7 Å². The minimum absolute atomic E-state index is 0.209. The van der Waals surface area contributed by atoms with E-state index in [0.717, 1.165) is 36.8 Å². The second kappa shape index (κ2) is 4.70. The Morgan fingerprint density at radius 3 is 3.05 bits per heavy atom. The van der Waals surface area contributed by atoms with E-state index in [9.17, 15) is 5.11 Å². The summed E-state index contributed by atoms with van der Waals surface area (Å²) in [4.78, 5) is 11.2. The van der Waals surface area contributed by atoms with Gasteiger partial charge in [-0.2, -0.15) is 0 Å². The van der Waals surface area contributed by atoms with E-state index < -0.39 is 0 Å². The summed E-state index contributed by atoms with van der Waals surface area (Å²) in [6, 6.07) is 0. The first kappa shape index (κ1) is 12.2. The molecule has 6 nitrogen and oxygen atoms in total. The highest BCUT2D eigenvalue weighted by Crippen LogP contribution is 2.26. The standard InChI is InChI=1S/C13H19N5O/c1-9-7-17(5-3-10(9)19)13-12-15-4-6-18(12)8-11(14-2)16-13/h4,6,8-10,14,19H,3,5,7H2,1-2H3. The number of piperidine rings is 1. The maximum absolute atomic E-state index is 9.84. The zero-order chi connectivity index (χ0) is 13.4. The van der Waals surface area contributed by atoms with Crippen LogP contribution in [0.1, 0.15) is 13.3 Å². The molecule has 2 aromatic heterocycles. The van der Waals surface area contributed by atoms with Gasteiger partial charge in [0.25, 0.3) is 0 Å². The quantitative estimate of drug-likeness (QED) is 0.843. The lowest BCUT2D eigenvalue weighted by atomic mass is 9.97. The Balaban J connectivity index is 2.01. The van der Waals surface area contributed by atoms with Crippen LogP contribution in [0.5, 0.6) is 0 Å². The number of fused-ring (bicyclic) bond motifs is 1. The van der Waals surface area contributed by atoms with Gasteiger partial charge in [0.15, 0.2) is 11.5 Å². The molecule has 1 fully saturated rings. The van der Waals surface area contributed by atoms with Crippen molar-refractivity contribution in [2.24, 2.45) is 5.92 Å². The van der Waals surface area contributed by atoms with Crippen molar-refractivity contribution >= 4 is 17.3 Å². The van der Waals surface area contributed by atoms with Crippen LogP contribution >= 0.6 is 0 Å². The fourth-order valence-corrected chi connectivity index (χ4v) is 2.57. The largest absolute Gasteiger partial charge is 0.393 e. The second-order valence-corrected chi connectivity index (χ2v) is 5.14. The molecule has 0 spiro atoms. The highest BCUT2D eigenvalue weighted by atomic mass is 16.3. The van der Waals surface area contributed by atoms with Gasteiger partial charge in [-0.1, -0.05) is 6.92 Å². The number of hydrogen-bond acceptors (Lipinski definition) is 5. The van der Waals surface area contributed by atoms with Crippen molar-refractivity contribution in [1.29, 1.82) is 0 Å². The molecule has 102 valence electrons. The molecule has 2 aromatic rings. The molecule has 0 aliphatic carbocycles. The van der Waals surface area contributed by atoms with Crippen LogP contribution in [0.2, 0.25) is 0 Å². The zero-order valence-corrected chi connectivity index (χ0v) is 11.2. The van der Waals surface area contributed by atoms with E-state index in [-0.39, 0.29) is 12.0 Å². The molecule has 0 bridgehead atoms. The average molecular weight is 261 g/mol. The summed E-state index contributed by atoms with van der Waals surface area (Å²) in [7, 11) is 1.86. The van der Waals surface area contributed by atoms with E-state index in [1.165, 1.54) is 0 Å². The Bertz CT molecular complexity index is 581. The van der Waals surface area contributed by atoms with Crippen molar-refractivity contribution in [1.82, 2.24) is 14.4 Å². The number of nitrogens with one attached hydrogen (secondary N) is 1. The number of aliphatic hydroxyl groups excluding tert-OH is 1. The van der Waals surface area contributed by atoms with Gasteiger partial charge in [0.1, 0.15) is 5.82 Å². The Hall–Kier alpha value is -1.82. The maximum atomic E-state index is 9.84. The maximum Gasteiger partial charge on any atom is 0.180 e. The third kappa shape index (κ3) is 2.12. The van der Waals surface area contributed by atoms with E-state index in [1.54, 1.807) is 6.20 Å². The summed E-state index contributed by atoms with van der Waals surface area (Å²) in [5.41, 5.74) is 0.864. The first-order valence-electron chi connectivity index (χ1n) is 6.63. The van der Waals surface area contributed by atoms with Crippen molar-refractivity contribution in [2.75, 3.05) is 30.4 Å². The summed E-state index contributed by atoms with van der Waals surface area (Å²) in [6.45, 7) is 3.69. The first-order valence-corrected chi connectivity index (χ1v) is 6.63. The van der Waals surface area contributed by atoms with Crippen molar-refractivity contribution in [3.05, 3.63) is 18.6 Å². The van der Waals surface area contributed by atoms with Crippen LogP contribution in [-0.2, 0) is 0 Å². The fraction of sp³-hybridized carbons (Fsp3) is 0.538. The number of rotatable bonds is 2. The van der Waals surface area contributed by atoms with E-state index in [4.69, 9.17) is 0 Å². The van der Waals surface area contributed by atoms with E-state index in [1.807, 2.05) is 23.8 Å². The molecule has 3 heterocycles. The van der Waals surface area contributed by atoms with Crippen LogP contribution < -0.4 is 10.2 Å². The third-order valence-corrected chi connectivity index (χ3v) is 3.77. The topological polar surface area (TPSA) is 65.7 Å². The van der Waals surface area contributed by atoms with Gasteiger partial charge in [0.2, 0.25) is 0 Å². The molecule has 2 unspecified atom stereocenters. The number of nitrogens with zero attached hydrogens (tertiary/aromatic N) is 4. The molecule has 0 radical (unpaired) electrons. The van der Waals surface area contributed by atoms with Crippen molar-refractivity contribution in [3.63, 3.8) is 0 Å². The Morgan fingerprint density at radius 1 is 1.47 bits per heavy atom. The summed E-state index contributed by atoms with van der Waals surface area (Å²) < 4.78 is 1.98. The van der Waals surface area contributed by atoms with Crippen LogP contribution in [0.15, 0.2) is 18.6 Å². The molecular formula is C13H19N5O. The molecule has 2 atom stereocenters. The van der Waals surface area contributed by atoms with Crippen LogP contribution in [0, 0.1) is 5.92 Å². The molecule has 3 rings (SSSR count). The number of aromatic nitrogens is 3. The minimum atomic E-state index is -0.209. The average Bonchev–Trinajstić information content (AvgIpc) is 2.89. The van der Waals surface area contributed by atoms with Crippen molar-refractivity contribution < 1.29 is 5.11 Å². The van der Waals surface area contributed by atoms with Gasteiger partial charge in [0.05, 0.1) is 12.3 Å². The molecule has 0 aromatic carbocycles. The van der Waals surface area contributed by atoms with E-state index >= 15 is 0 Å². The van der Waals surface area contributed by atoms with E-state index in [2.05, 4.69) is 27.1 Å². The summed E-state index contributed by atoms with van der Waals surface area (Å²) >= 11 is 0. The Morgan fingerprint density at radius 2 is 2.32 bits per heavy atom. The molecule has 0 saturated carbocycles. The van der Waals surface area contributed by atoms with Crippen LogP contribution in [0.4, 0.5) is 11.6 Å². The lowest BCUT2D eigenvalue weighted by Crippen LogP contribution is -2.42. The lowest BCUT2D eigenvalue weighted by molar-refractivity contribution is 0.0969. The summed E-state index contributed by atoms with van der Waals surface area (Å²) in [6.07, 6.45) is 6.19. The van der Waals surface area contributed by atoms with E-state index in [0.29, 0.717) is 0 Å². The van der Waals surface area contributed by atoms with Crippen molar-refractivity contribution in [2.45, 2.75) is 19.4 Å². The normalized spacial score (nSPS) is 23.8. The number of imidazole rings is 1. The number of aliphatic hydroxyl groups is 1. The van der Waals surface area contributed by atoms with Crippen LogP contribution in [0.3, 0.4) is 0 Å². The van der Waals surface area contributed by atoms with Gasteiger partial charge >= 0.3 is 0 Å². The Kier molecular flexibility index (Phi) is 3.02. The smallest absolute Gasteiger partial charge is 0.180 e. The van der Waals surface area contributed by atoms with Gasteiger partial charge in [0, 0.05) is 32.5 Å². The lowest BCUT2D eigenvalue weighted by Gasteiger charge is -2.35. The molecule has 19 heavy (non-hydrogen) atoms. The highest BCUT2D eigenvalue weighted by molar-refractivity contribution is 5.67. The summed E-state index contributed by atoms with van der Waals surface area (Å²) in [5, 5.41) is 12.9. The molecule has 1 saturated heterocycles. The van der Waals surface area contributed by atoms with Gasteiger partial charge in [-0.15, -0.1) is 0 Å². The fourth-order valence-electron chi connectivity index (χ4n) is 2.57. The predicted molar refractivity (Wildman–Crippen MR) is 74.5 cm³/mol.